The number of carboxylic acids is 2. The highest BCUT2D eigenvalue weighted by atomic mass is 16.4. The van der Waals surface area contributed by atoms with Crippen molar-refractivity contribution in [2.24, 2.45) is 0 Å². The van der Waals surface area contributed by atoms with Gasteiger partial charge < -0.3 is 10.2 Å². The molecule has 0 aliphatic rings. The van der Waals surface area contributed by atoms with Gasteiger partial charge in [-0.25, -0.2) is 9.59 Å². The van der Waals surface area contributed by atoms with Gasteiger partial charge in [-0.2, -0.15) is 0 Å². The molecule has 0 saturated heterocycles. The van der Waals surface area contributed by atoms with Gasteiger partial charge in [-0.3, -0.25) is 0 Å². The maximum Gasteiger partial charge on any atom is 0.336 e. The Balaban J connectivity index is 2.36. The van der Waals surface area contributed by atoms with Gasteiger partial charge in [-0.1, -0.05) is 18.2 Å². The van der Waals surface area contributed by atoms with Gasteiger partial charge in [-0.15, -0.1) is 0 Å². The molecular formula is C16H10O4. The molecule has 0 unspecified atom stereocenters. The Labute approximate surface area is 113 Å². The summed E-state index contributed by atoms with van der Waals surface area (Å²) >= 11 is 0. The number of aromatic carboxylic acids is 2. The van der Waals surface area contributed by atoms with Crippen molar-refractivity contribution in [2.45, 2.75) is 0 Å². The summed E-state index contributed by atoms with van der Waals surface area (Å²) in [7, 11) is 0. The number of fused-ring (bicyclic) bond motifs is 2. The van der Waals surface area contributed by atoms with Crippen molar-refractivity contribution in [1.29, 1.82) is 0 Å². The molecule has 3 aromatic rings. The zero-order chi connectivity index (χ0) is 14.3. The Bertz CT molecular complexity index is 864. The normalized spacial score (nSPS) is 10.8. The second kappa shape index (κ2) is 4.35. The Morgan fingerprint density at radius 3 is 2.25 bits per heavy atom. The van der Waals surface area contributed by atoms with E-state index in [0.717, 1.165) is 16.2 Å². The molecule has 0 amide bonds. The Morgan fingerprint density at radius 1 is 0.750 bits per heavy atom. The van der Waals surface area contributed by atoms with Gasteiger partial charge in [0.25, 0.3) is 0 Å². The first kappa shape index (κ1) is 12.2. The topological polar surface area (TPSA) is 74.6 Å². The Hall–Kier alpha value is -2.88. The molecule has 4 nitrogen and oxygen atoms in total. The van der Waals surface area contributed by atoms with E-state index in [1.807, 2.05) is 12.1 Å². The van der Waals surface area contributed by atoms with E-state index in [1.54, 1.807) is 30.3 Å². The van der Waals surface area contributed by atoms with Crippen molar-refractivity contribution in [1.82, 2.24) is 0 Å². The summed E-state index contributed by atoms with van der Waals surface area (Å²) in [6.45, 7) is 0. The fourth-order valence-corrected chi connectivity index (χ4v) is 2.34. The lowest BCUT2D eigenvalue weighted by Crippen LogP contribution is -1.98. The summed E-state index contributed by atoms with van der Waals surface area (Å²) in [6, 6.07) is 13.4. The molecule has 0 atom stereocenters. The van der Waals surface area contributed by atoms with Crippen LogP contribution < -0.4 is 0 Å². The zero-order valence-corrected chi connectivity index (χ0v) is 10.3. The standard InChI is InChI=1S/C16H10O4/c17-15(18)11-5-4-9-8-14-10(6-12(9)7-11)2-1-3-13(14)16(19)20/h1-8H,(H,17,18)(H,19,20). The van der Waals surface area contributed by atoms with Gasteiger partial charge in [-0.05, 0) is 51.9 Å². The molecule has 0 radical (unpaired) electrons. The smallest absolute Gasteiger partial charge is 0.336 e. The molecule has 0 saturated carbocycles. The zero-order valence-electron chi connectivity index (χ0n) is 10.3. The Kier molecular flexibility index (Phi) is 2.64. The first-order valence-corrected chi connectivity index (χ1v) is 5.99. The summed E-state index contributed by atoms with van der Waals surface area (Å²) in [4.78, 5) is 22.2. The highest BCUT2D eigenvalue weighted by Gasteiger charge is 2.10. The lowest BCUT2D eigenvalue weighted by atomic mass is 9.98. The van der Waals surface area contributed by atoms with E-state index in [2.05, 4.69) is 0 Å². The average molecular weight is 266 g/mol. The van der Waals surface area contributed by atoms with Crippen LogP contribution in [-0.4, -0.2) is 22.2 Å². The van der Waals surface area contributed by atoms with E-state index in [-0.39, 0.29) is 11.1 Å². The Morgan fingerprint density at radius 2 is 1.55 bits per heavy atom. The molecule has 98 valence electrons. The molecule has 3 rings (SSSR count). The number of carboxylic acid groups (broad SMARTS) is 2. The first-order chi connectivity index (χ1) is 9.56. The van der Waals surface area contributed by atoms with Crippen molar-refractivity contribution in [3.05, 3.63) is 59.7 Å². The minimum atomic E-state index is -0.980. The summed E-state index contributed by atoms with van der Waals surface area (Å²) in [5.41, 5.74) is 0.456. The minimum absolute atomic E-state index is 0.214. The predicted octanol–water partition coefficient (Wildman–Crippen LogP) is 3.39. The predicted molar refractivity (Wildman–Crippen MR) is 75.4 cm³/mol. The number of hydrogen-bond donors (Lipinski definition) is 2. The highest BCUT2D eigenvalue weighted by Crippen LogP contribution is 2.26. The monoisotopic (exact) mass is 266 g/mol. The molecule has 4 heteroatoms. The van der Waals surface area contributed by atoms with Crippen LogP contribution in [-0.2, 0) is 0 Å². The minimum Gasteiger partial charge on any atom is -0.478 e. The van der Waals surface area contributed by atoms with E-state index < -0.39 is 11.9 Å². The molecule has 0 fully saturated rings. The number of carbonyl (C=O) groups is 2. The molecule has 0 bridgehead atoms. The molecule has 3 aromatic carbocycles. The van der Waals surface area contributed by atoms with Gasteiger partial charge in [0, 0.05) is 0 Å². The summed E-state index contributed by atoms with van der Waals surface area (Å²) < 4.78 is 0. The summed E-state index contributed by atoms with van der Waals surface area (Å²) in [5, 5.41) is 21.2. The van der Waals surface area contributed by atoms with Crippen LogP contribution in [0.4, 0.5) is 0 Å². The van der Waals surface area contributed by atoms with Gasteiger partial charge >= 0.3 is 11.9 Å². The van der Waals surface area contributed by atoms with Crippen molar-refractivity contribution in [2.75, 3.05) is 0 Å². The van der Waals surface area contributed by atoms with E-state index in [4.69, 9.17) is 5.11 Å². The van der Waals surface area contributed by atoms with Crippen LogP contribution in [0.15, 0.2) is 48.5 Å². The molecule has 0 spiro atoms. The number of rotatable bonds is 2. The van der Waals surface area contributed by atoms with Gasteiger partial charge in [0.15, 0.2) is 0 Å². The second-order valence-corrected chi connectivity index (χ2v) is 4.55. The fourth-order valence-electron chi connectivity index (χ4n) is 2.34. The molecule has 0 heterocycles. The highest BCUT2D eigenvalue weighted by molar-refractivity contribution is 6.09. The van der Waals surface area contributed by atoms with Crippen molar-refractivity contribution in [3.8, 4) is 0 Å². The molecule has 0 aliphatic heterocycles. The molecule has 0 aromatic heterocycles. The van der Waals surface area contributed by atoms with Crippen molar-refractivity contribution < 1.29 is 19.8 Å². The quantitative estimate of drug-likeness (QED) is 0.697. The van der Waals surface area contributed by atoms with E-state index in [1.165, 1.54) is 6.07 Å². The van der Waals surface area contributed by atoms with Crippen LogP contribution >= 0.6 is 0 Å². The van der Waals surface area contributed by atoms with E-state index >= 15 is 0 Å². The van der Waals surface area contributed by atoms with Crippen LogP contribution in [0, 0.1) is 0 Å². The van der Waals surface area contributed by atoms with Crippen molar-refractivity contribution in [3.63, 3.8) is 0 Å². The van der Waals surface area contributed by atoms with E-state index in [9.17, 15) is 14.7 Å². The molecule has 20 heavy (non-hydrogen) atoms. The van der Waals surface area contributed by atoms with E-state index in [0.29, 0.717) is 5.39 Å². The first-order valence-electron chi connectivity index (χ1n) is 5.99. The van der Waals surface area contributed by atoms with Crippen LogP contribution in [0.1, 0.15) is 20.7 Å². The average Bonchev–Trinajstić information content (AvgIpc) is 2.43. The summed E-state index contributed by atoms with van der Waals surface area (Å²) in [5.74, 6) is -1.96. The maximum atomic E-state index is 11.2. The largest absolute Gasteiger partial charge is 0.478 e. The van der Waals surface area contributed by atoms with Gasteiger partial charge in [0.05, 0.1) is 11.1 Å². The van der Waals surface area contributed by atoms with Gasteiger partial charge in [0.1, 0.15) is 0 Å². The molecular weight excluding hydrogens is 256 g/mol. The number of benzene rings is 3. The van der Waals surface area contributed by atoms with Gasteiger partial charge in [0.2, 0.25) is 0 Å². The fraction of sp³-hybridized carbons (Fsp3) is 0. The van der Waals surface area contributed by atoms with Crippen LogP contribution in [0.5, 0.6) is 0 Å². The molecule has 2 N–H and O–H groups in total. The molecule has 0 aliphatic carbocycles. The van der Waals surface area contributed by atoms with Crippen LogP contribution in [0.2, 0.25) is 0 Å². The second-order valence-electron chi connectivity index (χ2n) is 4.55. The SMILES string of the molecule is O=C(O)c1ccc2cc3c(C(=O)O)cccc3cc2c1. The third-order valence-electron chi connectivity index (χ3n) is 3.31. The third kappa shape index (κ3) is 1.87. The third-order valence-corrected chi connectivity index (χ3v) is 3.31. The lowest BCUT2D eigenvalue weighted by molar-refractivity contribution is 0.0687. The number of hydrogen-bond acceptors (Lipinski definition) is 2. The van der Waals surface area contributed by atoms with Crippen LogP contribution in [0.25, 0.3) is 21.5 Å². The van der Waals surface area contributed by atoms with Crippen LogP contribution in [0.3, 0.4) is 0 Å². The lowest BCUT2D eigenvalue weighted by Gasteiger charge is -2.06. The maximum absolute atomic E-state index is 11.2. The van der Waals surface area contributed by atoms with Crippen molar-refractivity contribution >= 4 is 33.5 Å². The summed E-state index contributed by atoms with van der Waals surface area (Å²) in [6.07, 6.45) is 0.